The molecular formula is C15H21F3N2O2. The third kappa shape index (κ3) is 4.10. The first kappa shape index (κ1) is 17.0. The summed E-state index contributed by atoms with van der Waals surface area (Å²) in [6.45, 7) is 3.54. The lowest BCUT2D eigenvalue weighted by atomic mass is 9.76. The Balaban J connectivity index is 2.14. The van der Waals surface area contributed by atoms with Crippen LogP contribution >= 0.6 is 0 Å². The van der Waals surface area contributed by atoms with Gasteiger partial charge in [-0.15, -0.1) is 13.2 Å². The minimum Gasteiger partial charge on any atom is -0.404 e. The lowest BCUT2D eigenvalue weighted by Gasteiger charge is -2.41. The second kappa shape index (κ2) is 6.42. The van der Waals surface area contributed by atoms with Gasteiger partial charge in [-0.05, 0) is 38.4 Å². The first-order valence-corrected chi connectivity index (χ1v) is 7.36. The number of ether oxygens (including phenoxy) is 1. The number of likely N-dealkylation sites (tertiary alicyclic amines) is 1. The van der Waals surface area contributed by atoms with Gasteiger partial charge in [0, 0.05) is 24.7 Å². The van der Waals surface area contributed by atoms with Gasteiger partial charge in [-0.3, -0.25) is 4.98 Å². The SMILES string of the molecule is CCC(c1ccc(OC(F)(F)F)cn1)C1(O)CCN(C)CC1. The number of aromatic nitrogens is 1. The van der Waals surface area contributed by atoms with Gasteiger partial charge in [0.05, 0.1) is 11.8 Å². The Hall–Kier alpha value is -1.34. The Bertz CT molecular complexity index is 483. The largest absolute Gasteiger partial charge is 0.573 e. The maximum absolute atomic E-state index is 12.2. The number of pyridine rings is 1. The third-order valence-corrected chi connectivity index (χ3v) is 4.26. The molecule has 1 N–H and O–H groups in total. The Morgan fingerprint density at radius 1 is 1.36 bits per heavy atom. The molecule has 0 bridgehead atoms. The van der Waals surface area contributed by atoms with Crippen LogP contribution in [0.2, 0.25) is 0 Å². The van der Waals surface area contributed by atoms with Crippen LogP contribution in [0.15, 0.2) is 18.3 Å². The highest BCUT2D eigenvalue weighted by atomic mass is 19.4. The monoisotopic (exact) mass is 318 g/mol. The van der Waals surface area contributed by atoms with E-state index in [2.05, 4.69) is 14.6 Å². The average Bonchev–Trinajstić information content (AvgIpc) is 2.43. The first-order chi connectivity index (χ1) is 10.2. The molecule has 1 unspecified atom stereocenters. The molecule has 7 heteroatoms. The number of nitrogens with zero attached hydrogens (tertiary/aromatic N) is 2. The molecule has 0 saturated carbocycles. The molecule has 0 amide bonds. The summed E-state index contributed by atoms with van der Waals surface area (Å²) in [5.74, 6) is -0.539. The van der Waals surface area contributed by atoms with Crippen molar-refractivity contribution in [2.45, 2.75) is 44.1 Å². The maximum atomic E-state index is 12.2. The number of halogens is 3. The summed E-state index contributed by atoms with van der Waals surface area (Å²) < 4.78 is 40.3. The number of hydrogen-bond acceptors (Lipinski definition) is 4. The van der Waals surface area contributed by atoms with Crippen molar-refractivity contribution in [3.05, 3.63) is 24.0 Å². The summed E-state index contributed by atoms with van der Waals surface area (Å²) >= 11 is 0. The van der Waals surface area contributed by atoms with Gasteiger partial charge in [-0.1, -0.05) is 6.92 Å². The van der Waals surface area contributed by atoms with E-state index in [4.69, 9.17) is 0 Å². The van der Waals surface area contributed by atoms with Crippen molar-refractivity contribution in [1.29, 1.82) is 0 Å². The number of piperidine rings is 1. The minimum absolute atomic E-state index is 0.193. The minimum atomic E-state index is -4.72. The van der Waals surface area contributed by atoms with Crippen LogP contribution in [0.25, 0.3) is 0 Å². The molecule has 1 atom stereocenters. The van der Waals surface area contributed by atoms with E-state index in [0.717, 1.165) is 19.3 Å². The number of hydrogen-bond donors (Lipinski definition) is 1. The van der Waals surface area contributed by atoms with Gasteiger partial charge < -0.3 is 14.7 Å². The first-order valence-electron chi connectivity index (χ1n) is 7.36. The normalized spacial score (nSPS) is 20.6. The summed E-state index contributed by atoms with van der Waals surface area (Å²) in [5, 5.41) is 10.9. The van der Waals surface area contributed by atoms with Gasteiger partial charge >= 0.3 is 6.36 Å². The van der Waals surface area contributed by atoms with E-state index < -0.39 is 12.0 Å². The maximum Gasteiger partial charge on any atom is 0.573 e. The third-order valence-electron chi connectivity index (χ3n) is 4.26. The van der Waals surface area contributed by atoms with Crippen molar-refractivity contribution in [2.75, 3.05) is 20.1 Å². The van der Waals surface area contributed by atoms with Gasteiger partial charge in [-0.2, -0.15) is 0 Å². The van der Waals surface area contributed by atoms with Crippen LogP contribution in [-0.4, -0.2) is 47.1 Å². The lowest BCUT2D eigenvalue weighted by Crippen LogP contribution is -2.46. The van der Waals surface area contributed by atoms with Gasteiger partial charge in [0.15, 0.2) is 0 Å². The zero-order chi connectivity index (χ0) is 16.4. The van der Waals surface area contributed by atoms with Crippen molar-refractivity contribution >= 4 is 0 Å². The van der Waals surface area contributed by atoms with Gasteiger partial charge in [0.25, 0.3) is 0 Å². The van der Waals surface area contributed by atoms with Crippen LogP contribution in [0.3, 0.4) is 0 Å². The molecule has 1 aliphatic rings. The number of rotatable bonds is 4. The number of alkyl halides is 3. The van der Waals surface area contributed by atoms with E-state index in [1.54, 1.807) is 0 Å². The second-order valence-corrected chi connectivity index (χ2v) is 5.83. The molecule has 4 nitrogen and oxygen atoms in total. The standard InChI is InChI=1S/C15H21F3N2O2/c1-3-12(14(21)6-8-20(2)9-7-14)13-5-4-11(10-19-13)22-15(16,17)18/h4-5,10,12,21H,3,6-9H2,1-2H3. The van der Waals surface area contributed by atoms with E-state index in [1.165, 1.54) is 12.1 Å². The van der Waals surface area contributed by atoms with Crippen molar-refractivity contribution in [2.24, 2.45) is 0 Å². The average molecular weight is 318 g/mol. The molecule has 1 fully saturated rings. The number of aliphatic hydroxyl groups is 1. The van der Waals surface area contributed by atoms with E-state index in [-0.39, 0.29) is 11.7 Å². The van der Waals surface area contributed by atoms with Crippen LogP contribution < -0.4 is 4.74 Å². The van der Waals surface area contributed by atoms with Crippen molar-refractivity contribution in [3.63, 3.8) is 0 Å². The predicted molar refractivity (Wildman–Crippen MR) is 75.6 cm³/mol. The molecule has 0 radical (unpaired) electrons. The van der Waals surface area contributed by atoms with Crippen molar-refractivity contribution in [3.8, 4) is 5.75 Å². The summed E-state index contributed by atoms with van der Waals surface area (Å²) in [7, 11) is 2.00. The van der Waals surface area contributed by atoms with Crippen LogP contribution in [0.4, 0.5) is 13.2 Å². The quantitative estimate of drug-likeness (QED) is 0.927. The molecule has 1 aromatic rings. The Morgan fingerprint density at radius 3 is 2.45 bits per heavy atom. The van der Waals surface area contributed by atoms with E-state index in [9.17, 15) is 18.3 Å². The highest BCUT2D eigenvalue weighted by Crippen LogP contribution is 2.38. The Kier molecular flexibility index (Phi) is 4.97. The van der Waals surface area contributed by atoms with Crippen LogP contribution in [0, 0.1) is 0 Å². The van der Waals surface area contributed by atoms with Gasteiger partial charge in [0.2, 0.25) is 0 Å². The fourth-order valence-corrected chi connectivity index (χ4v) is 3.01. The van der Waals surface area contributed by atoms with E-state index in [0.29, 0.717) is 25.0 Å². The summed E-state index contributed by atoms with van der Waals surface area (Å²) in [4.78, 5) is 6.22. The highest BCUT2D eigenvalue weighted by molar-refractivity contribution is 5.24. The van der Waals surface area contributed by atoms with Crippen LogP contribution in [-0.2, 0) is 0 Å². The molecular weight excluding hydrogens is 297 g/mol. The molecule has 22 heavy (non-hydrogen) atoms. The predicted octanol–water partition coefficient (Wildman–Crippen LogP) is 2.93. The summed E-state index contributed by atoms with van der Waals surface area (Å²) in [6, 6.07) is 2.75. The topological polar surface area (TPSA) is 45.6 Å². The van der Waals surface area contributed by atoms with E-state index >= 15 is 0 Å². The Labute approximate surface area is 127 Å². The van der Waals surface area contributed by atoms with E-state index in [1.807, 2.05) is 14.0 Å². The summed E-state index contributed by atoms with van der Waals surface area (Å²) in [5.41, 5.74) is -0.259. The fraction of sp³-hybridized carbons (Fsp3) is 0.667. The molecule has 1 aromatic heterocycles. The molecule has 1 saturated heterocycles. The zero-order valence-electron chi connectivity index (χ0n) is 12.7. The highest BCUT2D eigenvalue weighted by Gasteiger charge is 2.39. The molecule has 2 rings (SSSR count). The van der Waals surface area contributed by atoms with Gasteiger partial charge in [-0.25, -0.2) is 0 Å². The van der Waals surface area contributed by atoms with Crippen LogP contribution in [0.5, 0.6) is 5.75 Å². The lowest BCUT2D eigenvalue weighted by molar-refractivity contribution is -0.274. The molecule has 1 aliphatic heterocycles. The molecule has 2 heterocycles. The van der Waals surface area contributed by atoms with Gasteiger partial charge in [0.1, 0.15) is 5.75 Å². The second-order valence-electron chi connectivity index (χ2n) is 5.83. The zero-order valence-corrected chi connectivity index (χ0v) is 12.7. The smallest absolute Gasteiger partial charge is 0.404 e. The van der Waals surface area contributed by atoms with Crippen LogP contribution in [0.1, 0.15) is 37.8 Å². The molecule has 0 spiro atoms. The Morgan fingerprint density at radius 2 is 2.00 bits per heavy atom. The molecule has 124 valence electrons. The molecule has 0 aliphatic carbocycles. The van der Waals surface area contributed by atoms with Crippen molar-refractivity contribution in [1.82, 2.24) is 9.88 Å². The van der Waals surface area contributed by atoms with Crippen molar-refractivity contribution < 1.29 is 23.0 Å². The molecule has 0 aromatic carbocycles. The fourth-order valence-electron chi connectivity index (χ4n) is 3.01. The summed E-state index contributed by atoms with van der Waals surface area (Å²) in [6.07, 6.45) is -1.73.